The van der Waals surface area contributed by atoms with Crippen molar-refractivity contribution in [2.24, 2.45) is 0 Å². The van der Waals surface area contributed by atoms with Crippen LogP contribution in [0, 0.1) is 41.1 Å². The average molecular weight is 506 g/mol. The van der Waals surface area contributed by atoms with E-state index in [0.29, 0.717) is 28.5 Å². The van der Waals surface area contributed by atoms with Gasteiger partial charge >= 0.3 is 6.18 Å². The lowest BCUT2D eigenvalue weighted by Crippen LogP contribution is -2.14. The largest absolute Gasteiger partial charge is 0.393 e. The summed E-state index contributed by atoms with van der Waals surface area (Å²) in [6.07, 6.45) is -4.40. The summed E-state index contributed by atoms with van der Waals surface area (Å²) in [4.78, 5) is 0. The quantitative estimate of drug-likeness (QED) is 0.195. The van der Waals surface area contributed by atoms with Gasteiger partial charge in [-0.15, -0.1) is 0 Å². The smallest absolute Gasteiger partial charge is 0.207 e. The molecule has 0 amide bonds. The molecule has 0 bridgehead atoms. The van der Waals surface area contributed by atoms with E-state index in [1.54, 1.807) is 24.3 Å². The van der Waals surface area contributed by atoms with E-state index in [9.17, 15) is 22.0 Å². The van der Waals surface area contributed by atoms with Gasteiger partial charge in [-0.2, -0.15) is 13.2 Å². The molecule has 0 heterocycles. The summed E-state index contributed by atoms with van der Waals surface area (Å²) in [7, 11) is 0. The van der Waals surface area contributed by atoms with Crippen molar-refractivity contribution in [2.45, 2.75) is 32.4 Å². The molecule has 0 N–H and O–H groups in total. The number of hydrogen-bond donors (Lipinski definition) is 0. The van der Waals surface area contributed by atoms with Crippen LogP contribution in [0.5, 0.6) is 0 Å². The van der Waals surface area contributed by atoms with Gasteiger partial charge in [-0.1, -0.05) is 61.3 Å². The van der Waals surface area contributed by atoms with Crippen LogP contribution in [-0.2, 0) is 12.8 Å². The van der Waals surface area contributed by atoms with Crippen molar-refractivity contribution in [3.63, 3.8) is 0 Å². The fourth-order valence-corrected chi connectivity index (χ4v) is 3.84. The van der Waals surface area contributed by atoms with Gasteiger partial charge in [-0.25, -0.2) is 13.2 Å². The highest BCUT2D eigenvalue weighted by molar-refractivity contribution is 5.86. The first-order valence-electron chi connectivity index (χ1n) is 11.5. The Morgan fingerprint density at radius 3 is 1.95 bits per heavy atom. The van der Waals surface area contributed by atoms with Crippen molar-refractivity contribution in [1.29, 1.82) is 0 Å². The Balaban J connectivity index is 1.57. The number of alkyl halides is 3. The molecule has 0 nitrogen and oxygen atoms in total. The van der Waals surface area contributed by atoms with Crippen LogP contribution in [0.3, 0.4) is 0 Å². The summed E-state index contributed by atoms with van der Waals surface area (Å²) < 4.78 is 80.6. The average Bonchev–Trinajstić information content (AvgIpc) is 2.85. The molecule has 37 heavy (non-hydrogen) atoms. The van der Waals surface area contributed by atoms with E-state index >= 15 is 4.39 Å². The fraction of sp³-hybridized carbons (Fsp3) is 0.161. The second-order valence-corrected chi connectivity index (χ2v) is 8.52. The normalized spacial score (nSPS) is 11.0. The first-order valence-corrected chi connectivity index (χ1v) is 11.5. The third kappa shape index (κ3) is 6.54. The Labute approximate surface area is 211 Å². The van der Waals surface area contributed by atoms with Gasteiger partial charge in [0.05, 0.1) is 12.0 Å². The third-order valence-corrected chi connectivity index (χ3v) is 5.66. The summed E-state index contributed by atoms with van der Waals surface area (Å²) in [6, 6.07) is 17.5. The van der Waals surface area contributed by atoms with Crippen molar-refractivity contribution in [3.8, 4) is 23.7 Å². The zero-order valence-corrected chi connectivity index (χ0v) is 19.7. The zero-order valence-electron chi connectivity index (χ0n) is 19.7. The van der Waals surface area contributed by atoms with E-state index in [1.165, 1.54) is 11.6 Å². The summed E-state index contributed by atoms with van der Waals surface area (Å²) in [6.45, 7) is 2.12. The molecule has 0 aliphatic carbocycles. The number of hydrogen-bond acceptors (Lipinski definition) is 0. The Hall–Kier alpha value is -4.16. The third-order valence-electron chi connectivity index (χ3n) is 5.66. The molecule has 186 valence electrons. The highest BCUT2D eigenvalue weighted by Gasteiger charge is 2.31. The molecule has 4 aromatic carbocycles. The second kappa shape index (κ2) is 10.8. The lowest BCUT2D eigenvalue weighted by atomic mass is 10.0. The summed E-state index contributed by atoms with van der Waals surface area (Å²) >= 11 is 0. The fourth-order valence-electron chi connectivity index (χ4n) is 3.84. The van der Waals surface area contributed by atoms with E-state index in [2.05, 4.69) is 30.6 Å². The van der Waals surface area contributed by atoms with Gasteiger partial charge in [0, 0.05) is 27.6 Å². The molecule has 0 spiro atoms. The van der Waals surface area contributed by atoms with Crippen LogP contribution in [0.4, 0.5) is 26.3 Å². The Morgan fingerprint density at radius 1 is 0.676 bits per heavy atom. The number of halogens is 6. The summed E-state index contributed by atoms with van der Waals surface area (Å²) in [5.74, 6) is 7.77. The van der Waals surface area contributed by atoms with Crippen molar-refractivity contribution >= 4 is 10.8 Å². The highest BCUT2D eigenvalue weighted by Crippen LogP contribution is 2.26. The maximum absolute atomic E-state index is 15.1. The van der Waals surface area contributed by atoms with Gasteiger partial charge in [0.25, 0.3) is 0 Å². The number of aryl methyl sites for hydroxylation is 1. The van der Waals surface area contributed by atoms with Crippen LogP contribution >= 0.6 is 0 Å². The zero-order chi connectivity index (χ0) is 26.6. The minimum atomic E-state index is -4.76. The van der Waals surface area contributed by atoms with E-state index < -0.39 is 35.6 Å². The first-order chi connectivity index (χ1) is 17.6. The van der Waals surface area contributed by atoms with Gasteiger partial charge in [0.15, 0.2) is 0 Å². The van der Waals surface area contributed by atoms with E-state index in [-0.39, 0.29) is 11.1 Å². The van der Waals surface area contributed by atoms with Gasteiger partial charge in [0.2, 0.25) is 0 Å². The first kappa shape index (κ1) is 25.9. The molecule has 0 atom stereocenters. The Kier molecular flexibility index (Phi) is 7.60. The summed E-state index contributed by atoms with van der Waals surface area (Å²) in [5, 5.41) is 0.890. The Morgan fingerprint density at radius 2 is 1.30 bits per heavy atom. The maximum Gasteiger partial charge on any atom is 0.393 e. The van der Waals surface area contributed by atoms with Gasteiger partial charge in [-0.3, -0.25) is 0 Å². The highest BCUT2D eigenvalue weighted by atomic mass is 19.4. The minimum Gasteiger partial charge on any atom is -0.207 e. The van der Waals surface area contributed by atoms with E-state index in [0.717, 1.165) is 18.4 Å². The van der Waals surface area contributed by atoms with Crippen molar-refractivity contribution in [1.82, 2.24) is 0 Å². The standard InChI is InChI=1S/C31H20F6/c1-2-3-20-4-6-21(7-5-20)8-9-22-11-15-26-25(16-22)14-13-24(30(26)34)12-10-23-17-28(32)27(29(33)18-23)19-31(35,36)37/h4-7,11,13-18H,2-3,19H2,1H3. The minimum absolute atomic E-state index is 0.0151. The van der Waals surface area contributed by atoms with Crippen LogP contribution in [0.1, 0.15) is 46.7 Å². The maximum atomic E-state index is 15.1. The predicted molar refractivity (Wildman–Crippen MR) is 132 cm³/mol. The van der Waals surface area contributed by atoms with E-state index in [4.69, 9.17) is 0 Å². The van der Waals surface area contributed by atoms with Crippen LogP contribution in [-0.4, -0.2) is 6.18 Å². The molecular formula is C31H20F6. The molecule has 6 heteroatoms. The van der Waals surface area contributed by atoms with Crippen molar-refractivity contribution < 1.29 is 26.3 Å². The molecule has 4 aromatic rings. The SMILES string of the molecule is CCCc1ccc(C#Cc2ccc3c(F)c(C#Cc4cc(F)c(CC(F)(F)F)c(F)c4)ccc3c2)cc1. The lowest BCUT2D eigenvalue weighted by molar-refractivity contribution is -0.128. The van der Waals surface area contributed by atoms with E-state index in [1.807, 2.05) is 24.3 Å². The topological polar surface area (TPSA) is 0 Å². The molecule has 0 radical (unpaired) electrons. The molecule has 0 saturated heterocycles. The van der Waals surface area contributed by atoms with Gasteiger partial charge in [0.1, 0.15) is 17.5 Å². The molecular weight excluding hydrogens is 486 g/mol. The molecule has 0 aliphatic heterocycles. The number of fused-ring (bicyclic) bond motifs is 1. The molecule has 4 rings (SSSR count). The number of rotatable bonds is 3. The molecule has 0 unspecified atom stereocenters. The van der Waals surface area contributed by atoms with Crippen LogP contribution in [0.2, 0.25) is 0 Å². The second-order valence-electron chi connectivity index (χ2n) is 8.52. The van der Waals surface area contributed by atoms with Gasteiger partial charge in [-0.05, 0) is 59.8 Å². The van der Waals surface area contributed by atoms with Crippen molar-refractivity contribution in [3.05, 3.63) is 118 Å². The van der Waals surface area contributed by atoms with Crippen LogP contribution in [0.15, 0.2) is 66.7 Å². The lowest BCUT2D eigenvalue weighted by Gasteiger charge is -2.08. The monoisotopic (exact) mass is 506 g/mol. The number of benzene rings is 4. The van der Waals surface area contributed by atoms with Gasteiger partial charge < -0.3 is 0 Å². The predicted octanol–water partition coefficient (Wildman–Crippen LogP) is 8.11. The summed E-state index contributed by atoms with van der Waals surface area (Å²) in [5.41, 5.74) is 1.53. The molecule has 0 aromatic heterocycles. The Bertz CT molecular complexity index is 1550. The van der Waals surface area contributed by atoms with Crippen LogP contribution in [0.25, 0.3) is 10.8 Å². The molecule has 0 fully saturated rings. The molecule has 0 saturated carbocycles. The van der Waals surface area contributed by atoms with Crippen molar-refractivity contribution in [2.75, 3.05) is 0 Å². The van der Waals surface area contributed by atoms with Crippen LogP contribution < -0.4 is 0 Å². The molecule has 0 aliphatic rings.